The lowest BCUT2D eigenvalue weighted by molar-refractivity contribution is -0.121. The van der Waals surface area contributed by atoms with Gasteiger partial charge in [-0.05, 0) is 36.9 Å². The molecular formula is C15H26O2Si. The third-order valence-corrected chi connectivity index (χ3v) is 9.53. The molecule has 2 aliphatic carbocycles. The second kappa shape index (κ2) is 4.60. The molecule has 0 aromatic rings. The molecule has 18 heavy (non-hydrogen) atoms. The van der Waals surface area contributed by atoms with Gasteiger partial charge in [-0.25, -0.2) is 0 Å². The Labute approximate surface area is 112 Å². The molecule has 1 saturated carbocycles. The lowest BCUT2D eigenvalue weighted by Crippen LogP contribution is -2.45. The topological polar surface area (TPSA) is 26.3 Å². The molecule has 0 aromatic carbocycles. The number of ketones is 1. The fraction of sp³-hybridized carbons (Fsp3) is 0.800. The van der Waals surface area contributed by atoms with Crippen LogP contribution < -0.4 is 0 Å². The van der Waals surface area contributed by atoms with E-state index in [0.717, 1.165) is 12.8 Å². The van der Waals surface area contributed by atoms with Gasteiger partial charge < -0.3 is 4.43 Å². The molecule has 2 nitrogen and oxygen atoms in total. The predicted octanol–water partition coefficient (Wildman–Crippen LogP) is 3.93. The van der Waals surface area contributed by atoms with Crippen molar-refractivity contribution in [1.82, 2.24) is 0 Å². The molecule has 0 unspecified atom stereocenters. The summed E-state index contributed by atoms with van der Waals surface area (Å²) in [6.45, 7) is 11.3. The Morgan fingerprint density at radius 2 is 1.83 bits per heavy atom. The van der Waals surface area contributed by atoms with Crippen LogP contribution in [0.2, 0.25) is 18.1 Å². The van der Waals surface area contributed by atoms with E-state index >= 15 is 0 Å². The molecule has 2 aliphatic rings. The quantitative estimate of drug-likeness (QED) is 0.559. The second-order valence-electron chi connectivity index (χ2n) is 7.30. The highest BCUT2D eigenvalue weighted by Crippen LogP contribution is 2.44. The van der Waals surface area contributed by atoms with Gasteiger partial charge in [0.05, 0.1) is 6.10 Å². The van der Waals surface area contributed by atoms with Crippen LogP contribution in [-0.2, 0) is 9.22 Å². The summed E-state index contributed by atoms with van der Waals surface area (Å²) in [7, 11) is -1.75. The fourth-order valence-corrected chi connectivity index (χ4v) is 4.17. The zero-order valence-corrected chi connectivity index (χ0v) is 13.3. The first-order valence-corrected chi connectivity index (χ1v) is 9.99. The van der Waals surface area contributed by atoms with Gasteiger partial charge in [0, 0.05) is 12.3 Å². The molecule has 0 radical (unpaired) electrons. The Kier molecular flexibility index (Phi) is 3.58. The van der Waals surface area contributed by atoms with E-state index < -0.39 is 8.32 Å². The fourth-order valence-electron chi connectivity index (χ4n) is 2.80. The smallest absolute Gasteiger partial charge is 0.192 e. The highest BCUT2D eigenvalue weighted by atomic mass is 28.4. The van der Waals surface area contributed by atoms with Crippen LogP contribution in [0.4, 0.5) is 0 Å². The van der Waals surface area contributed by atoms with Gasteiger partial charge in [0.25, 0.3) is 0 Å². The zero-order valence-electron chi connectivity index (χ0n) is 12.3. The van der Waals surface area contributed by atoms with Crippen LogP contribution >= 0.6 is 0 Å². The summed E-state index contributed by atoms with van der Waals surface area (Å²) in [5, 5.41) is 0.221. The minimum Gasteiger partial charge on any atom is -0.413 e. The van der Waals surface area contributed by atoms with Crippen LogP contribution in [0.1, 0.15) is 40.0 Å². The van der Waals surface area contributed by atoms with Crippen LogP contribution in [0.5, 0.6) is 0 Å². The predicted molar refractivity (Wildman–Crippen MR) is 77.0 cm³/mol. The highest BCUT2D eigenvalue weighted by molar-refractivity contribution is 6.74. The maximum atomic E-state index is 12.1. The number of hydrogen-bond acceptors (Lipinski definition) is 2. The van der Waals surface area contributed by atoms with Gasteiger partial charge in [-0.2, -0.15) is 0 Å². The first kappa shape index (κ1) is 14.0. The third-order valence-electron chi connectivity index (χ3n) is 5.03. The number of fused-ring (bicyclic) bond motifs is 1. The summed E-state index contributed by atoms with van der Waals surface area (Å²) in [5.74, 6) is 1.11. The van der Waals surface area contributed by atoms with Crippen molar-refractivity contribution in [2.75, 3.05) is 0 Å². The third kappa shape index (κ3) is 2.48. The zero-order chi connectivity index (χ0) is 13.6. The molecule has 0 heterocycles. The van der Waals surface area contributed by atoms with Crippen LogP contribution in [0.25, 0.3) is 0 Å². The van der Waals surface area contributed by atoms with Gasteiger partial charge in [-0.3, -0.25) is 4.79 Å². The molecule has 3 atom stereocenters. The van der Waals surface area contributed by atoms with E-state index in [-0.39, 0.29) is 17.1 Å². The van der Waals surface area contributed by atoms with Crippen molar-refractivity contribution in [2.45, 2.75) is 64.3 Å². The first-order valence-electron chi connectivity index (χ1n) is 7.08. The Bertz CT molecular complexity index is 365. The Morgan fingerprint density at radius 1 is 1.22 bits per heavy atom. The van der Waals surface area contributed by atoms with Crippen molar-refractivity contribution in [3.05, 3.63) is 12.2 Å². The van der Waals surface area contributed by atoms with Gasteiger partial charge in [0.2, 0.25) is 0 Å². The summed E-state index contributed by atoms with van der Waals surface area (Å²) in [6, 6.07) is 0. The van der Waals surface area contributed by atoms with E-state index in [2.05, 4.69) is 46.0 Å². The van der Waals surface area contributed by atoms with E-state index in [1.54, 1.807) is 0 Å². The molecule has 0 spiro atoms. The standard InChI is InChI=1S/C15H26O2Si/c1-15(2,3)18(4,5)17-14-10-13(16)11-8-6-7-9-12(11)14/h6-7,11-12,14H,8-10H2,1-5H3/t11-,12+,14-/m0/s1. The molecule has 0 aliphatic heterocycles. The summed E-state index contributed by atoms with van der Waals surface area (Å²) >= 11 is 0. The van der Waals surface area contributed by atoms with Gasteiger partial charge >= 0.3 is 0 Å². The van der Waals surface area contributed by atoms with E-state index in [1.807, 2.05) is 0 Å². The summed E-state index contributed by atoms with van der Waals surface area (Å²) in [5.41, 5.74) is 0. The highest BCUT2D eigenvalue weighted by Gasteiger charge is 2.47. The van der Waals surface area contributed by atoms with E-state index in [1.165, 1.54) is 0 Å². The Balaban J connectivity index is 2.11. The van der Waals surface area contributed by atoms with Crippen molar-refractivity contribution in [2.24, 2.45) is 11.8 Å². The first-order chi connectivity index (χ1) is 8.22. The Hall–Kier alpha value is -0.413. The normalized spacial score (nSPS) is 32.7. The van der Waals surface area contributed by atoms with Crippen molar-refractivity contribution < 1.29 is 9.22 Å². The average molecular weight is 266 g/mol. The molecule has 3 heteroatoms. The van der Waals surface area contributed by atoms with Crippen molar-refractivity contribution in [3.8, 4) is 0 Å². The summed E-state index contributed by atoms with van der Waals surface area (Å²) in [6.07, 6.45) is 7.16. The van der Waals surface area contributed by atoms with Crippen LogP contribution in [-0.4, -0.2) is 20.2 Å². The molecule has 0 saturated heterocycles. The molecule has 1 fully saturated rings. The number of Topliss-reactive ketones (excluding diaryl/α,β-unsaturated/α-hetero) is 1. The molecule has 0 bridgehead atoms. The second-order valence-corrected chi connectivity index (χ2v) is 12.1. The van der Waals surface area contributed by atoms with Gasteiger partial charge in [-0.1, -0.05) is 32.9 Å². The van der Waals surface area contributed by atoms with Gasteiger partial charge in [0.1, 0.15) is 5.78 Å². The van der Waals surface area contributed by atoms with Crippen molar-refractivity contribution >= 4 is 14.1 Å². The monoisotopic (exact) mass is 266 g/mol. The van der Waals surface area contributed by atoms with E-state index in [0.29, 0.717) is 18.1 Å². The molecule has 0 aromatic heterocycles. The van der Waals surface area contributed by atoms with E-state index in [9.17, 15) is 4.79 Å². The molecule has 2 rings (SSSR count). The summed E-state index contributed by atoms with van der Waals surface area (Å²) < 4.78 is 6.49. The largest absolute Gasteiger partial charge is 0.413 e. The lowest BCUT2D eigenvalue weighted by atomic mass is 9.85. The number of rotatable bonds is 2. The van der Waals surface area contributed by atoms with Crippen LogP contribution in [0.15, 0.2) is 12.2 Å². The SMILES string of the molecule is CC(C)(C)[Si](C)(C)O[C@H]1CC(=O)[C@H]2CC=CC[C@@H]12. The minimum absolute atomic E-state index is 0.174. The van der Waals surface area contributed by atoms with E-state index in [4.69, 9.17) is 4.43 Å². The number of carbonyl (C=O) groups is 1. The van der Waals surface area contributed by atoms with Crippen LogP contribution in [0.3, 0.4) is 0 Å². The minimum atomic E-state index is -1.75. The van der Waals surface area contributed by atoms with Gasteiger partial charge in [-0.15, -0.1) is 0 Å². The van der Waals surface area contributed by atoms with Crippen LogP contribution in [0, 0.1) is 11.8 Å². The molecular weight excluding hydrogens is 240 g/mol. The number of allylic oxidation sites excluding steroid dienone is 2. The Morgan fingerprint density at radius 3 is 2.44 bits per heavy atom. The average Bonchev–Trinajstić information content (AvgIpc) is 2.55. The molecule has 0 N–H and O–H groups in total. The number of carbonyl (C=O) groups excluding carboxylic acids is 1. The number of hydrogen-bond donors (Lipinski definition) is 0. The maximum Gasteiger partial charge on any atom is 0.192 e. The molecule has 0 amide bonds. The summed E-state index contributed by atoms with van der Waals surface area (Å²) in [4.78, 5) is 12.1. The van der Waals surface area contributed by atoms with Crippen molar-refractivity contribution in [3.63, 3.8) is 0 Å². The van der Waals surface area contributed by atoms with Crippen molar-refractivity contribution in [1.29, 1.82) is 0 Å². The molecule has 102 valence electrons. The lowest BCUT2D eigenvalue weighted by Gasteiger charge is -2.40. The maximum absolute atomic E-state index is 12.1. The van der Waals surface area contributed by atoms with Gasteiger partial charge in [0.15, 0.2) is 8.32 Å².